The first-order chi connectivity index (χ1) is 17.8. The maximum atomic E-state index is 4.37. The van der Waals surface area contributed by atoms with Crippen molar-refractivity contribution < 1.29 is 0 Å². The summed E-state index contributed by atoms with van der Waals surface area (Å²) in [6.07, 6.45) is 10.5. The standard InChI is InChI=1S/C35H38N2/c1-8-17-32(9-2)36(33-19-12-10-13-20-33)30(6)25-28(4)29(5)26-31(7)37(34-21-14-11-15-22-34)35-23-16-18-27(3)24-35/h8-26H,4-5H2,1-3,6-7H3/b17-8-,30-25+,31-26+,32-9+. The third-order valence-electron chi connectivity index (χ3n) is 6.06. The minimum atomic E-state index is 0.867. The smallest absolute Gasteiger partial charge is 0.0460 e. The van der Waals surface area contributed by atoms with Crippen molar-refractivity contribution in [3.63, 3.8) is 0 Å². The Morgan fingerprint density at radius 3 is 1.76 bits per heavy atom. The van der Waals surface area contributed by atoms with Gasteiger partial charge in [0.2, 0.25) is 0 Å². The SMILES string of the molecule is C=C(/C=C(\C)N(C(/C=C\C)=C/C)c1ccccc1)C(=C)/C=C(\C)N(c1ccccc1)c1cccc(C)c1. The second-order valence-electron chi connectivity index (χ2n) is 9.02. The fourth-order valence-electron chi connectivity index (χ4n) is 4.32. The predicted octanol–water partition coefficient (Wildman–Crippen LogP) is 10.0. The molecule has 3 aromatic carbocycles. The van der Waals surface area contributed by atoms with E-state index in [0.29, 0.717) is 0 Å². The van der Waals surface area contributed by atoms with Gasteiger partial charge in [-0.05, 0) is 106 Å². The van der Waals surface area contributed by atoms with Gasteiger partial charge in [0.1, 0.15) is 0 Å². The van der Waals surface area contributed by atoms with E-state index in [1.165, 1.54) is 5.56 Å². The fourth-order valence-corrected chi connectivity index (χ4v) is 4.32. The van der Waals surface area contributed by atoms with Gasteiger partial charge in [-0.15, -0.1) is 0 Å². The van der Waals surface area contributed by atoms with Crippen LogP contribution in [0.4, 0.5) is 17.1 Å². The summed E-state index contributed by atoms with van der Waals surface area (Å²) >= 11 is 0. The number of nitrogens with zero attached hydrogens (tertiary/aromatic N) is 2. The van der Waals surface area contributed by atoms with Crippen LogP contribution < -0.4 is 9.80 Å². The van der Waals surface area contributed by atoms with Crippen molar-refractivity contribution in [2.75, 3.05) is 9.80 Å². The molecule has 0 fully saturated rings. The largest absolute Gasteiger partial charge is 0.315 e. The van der Waals surface area contributed by atoms with E-state index in [9.17, 15) is 0 Å². The highest BCUT2D eigenvalue weighted by atomic mass is 15.2. The lowest BCUT2D eigenvalue weighted by molar-refractivity contribution is 1.09. The maximum absolute atomic E-state index is 4.37. The van der Waals surface area contributed by atoms with Crippen LogP contribution in [0.15, 0.2) is 157 Å². The number of anilines is 3. The molecule has 3 aromatic rings. The molecule has 0 unspecified atom stereocenters. The van der Waals surface area contributed by atoms with E-state index < -0.39 is 0 Å². The Morgan fingerprint density at radius 1 is 0.676 bits per heavy atom. The lowest BCUT2D eigenvalue weighted by atomic mass is 10.1. The summed E-state index contributed by atoms with van der Waals surface area (Å²) in [6, 6.07) is 29.3. The van der Waals surface area contributed by atoms with Crippen LogP contribution in [-0.4, -0.2) is 0 Å². The Balaban J connectivity index is 1.96. The molecule has 0 saturated carbocycles. The molecule has 2 nitrogen and oxygen atoms in total. The minimum Gasteiger partial charge on any atom is -0.315 e. The normalized spacial score (nSPS) is 12.5. The number of hydrogen-bond acceptors (Lipinski definition) is 2. The number of para-hydroxylation sites is 2. The molecule has 0 aliphatic carbocycles. The summed E-state index contributed by atoms with van der Waals surface area (Å²) in [6.45, 7) is 19.2. The molecule has 0 atom stereocenters. The van der Waals surface area contributed by atoms with E-state index in [0.717, 1.165) is 45.3 Å². The van der Waals surface area contributed by atoms with Crippen LogP contribution in [0.1, 0.15) is 33.3 Å². The highest BCUT2D eigenvalue weighted by Gasteiger charge is 2.14. The summed E-state index contributed by atoms with van der Waals surface area (Å²) in [4.78, 5) is 4.49. The van der Waals surface area contributed by atoms with Gasteiger partial charge in [-0.1, -0.05) is 73.8 Å². The summed E-state index contributed by atoms with van der Waals surface area (Å²) in [5.74, 6) is 0. The van der Waals surface area contributed by atoms with Gasteiger partial charge in [0, 0.05) is 34.2 Å². The summed E-state index contributed by atoms with van der Waals surface area (Å²) in [7, 11) is 0. The fraction of sp³-hybridized carbons (Fsp3) is 0.143. The zero-order valence-corrected chi connectivity index (χ0v) is 22.8. The van der Waals surface area contributed by atoms with Gasteiger partial charge in [-0.3, -0.25) is 0 Å². The number of benzene rings is 3. The van der Waals surface area contributed by atoms with Crippen LogP contribution in [0, 0.1) is 6.92 Å². The zero-order valence-electron chi connectivity index (χ0n) is 22.8. The molecule has 0 N–H and O–H groups in total. The molecule has 0 aliphatic heterocycles. The predicted molar refractivity (Wildman–Crippen MR) is 163 cm³/mol. The average molecular weight is 487 g/mol. The Hall–Kier alpha value is -4.30. The van der Waals surface area contributed by atoms with E-state index >= 15 is 0 Å². The second-order valence-corrected chi connectivity index (χ2v) is 9.02. The van der Waals surface area contributed by atoms with Crippen molar-refractivity contribution in [2.45, 2.75) is 34.6 Å². The van der Waals surface area contributed by atoms with Crippen LogP contribution in [0.25, 0.3) is 0 Å². The van der Waals surface area contributed by atoms with Gasteiger partial charge in [0.05, 0.1) is 0 Å². The molecular weight excluding hydrogens is 448 g/mol. The van der Waals surface area contributed by atoms with Crippen LogP contribution >= 0.6 is 0 Å². The van der Waals surface area contributed by atoms with Crippen molar-refractivity contribution in [3.05, 3.63) is 162 Å². The average Bonchev–Trinajstić information content (AvgIpc) is 2.89. The summed E-state index contributed by atoms with van der Waals surface area (Å²) in [5.41, 5.74) is 9.50. The van der Waals surface area contributed by atoms with Gasteiger partial charge in [-0.25, -0.2) is 0 Å². The highest BCUT2D eigenvalue weighted by Crippen LogP contribution is 2.32. The van der Waals surface area contributed by atoms with Crippen LogP contribution in [-0.2, 0) is 0 Å². The molecule has 3 rings (SSSR count). The van der Waals surface area contributed by atoms with Crippen molar-refractivity contribution in [3.8, 4) is 0 Å². The first kappa shape index (κ1) is 27.3. The molecule has 0 spiro atoms. The van der Waals surface area contributed by atoms with Gasteiger partial charge in [0.15, 0.2) is 0 Å². The highest BCUT2D eigenvalue weighted by molar-refractivity contribution is 5.69. The lowest BCUT2D eigenvalue weighted by Crippen LogP contribution is -2.19. The molecule has 0 saturated heterocycles. The summed E-state index contributed by atoms with van der Waals surface area (Å²) < 4.78 is 0. The Morgan fingerprint density at radius 2 is 1.22 bits per heavy atom. The minimum absolute atomic E-state index is 0.867. The van der Waals surface area contributed by atoms with Crippen molar-refractivity contribution in [1.29, 1.82) is 0 Å². The topological polar surface area (TPSA) is 6.48 Å². The Bertz CT molecular complexity index is 1340. The molecule has 0 heterocycles. The molecule has 2 heteroatoms. The number of aryl methyl sites for hydroxylation is 1. The monoisotopic (exact) mass is 486 g/mol. The van der Waals surface area contributed by atoms with Crippen LogP contribution in [0.5, 0.6) is 0 Å². The first-order valence-corrected chi connectivity index (χ1v) is 12.7. The van der Waals surface area contributed by atoms with E-state index in [-0.39, 0.29) is 0 Å². The van der Waals surface area contributed by atoms with Crippen molar-refractivity contribution >= 4 is 17.1 Å². The number of allylic oxidation sites excluding steroid dienone is 9. The quantitative estimate of drug-likeness (QED) is 0.263. The van der Waals surface area contributed by atoms with Gasteiger partial charge < -0.3 is 9.80 Å². The van der Waals surface area contributed by atoms with Crippen LogP contribution in [0.3, 0.4) is 0 Å². The van der Waals surface area contributed by atoms with Crippen molar-refractivity contribution in [1.82, 2.24) is 0 Å². The molecule has 37 heavy (non-hydrogen) atoms. The second kappa shape index (κ2) is 13.1. The van der Waals surface area contributed by atoms with Crippen molar-refractivity contribution in [2.24, 2.45) is 0 Å². The Kier molecular flexibility index (Phi) is 9.69. The van der Waals surface area contributed by atoms with Gasteiger partial charge in [-0.2, -0.15) is 0 Å². The zero-order chi connectivity index (χ0) is 26.8. The molecule has 188 valence electrons. The molecular formula is C35H38N2. The number of hydrogen-bond donors (Lipinski definition) is 0. The molecule has 0 aromatic heterocycles. The summed E-state index contributed by atoms with van der Waals surface area (Å²) in [5, 5.41) is 0. The lowest BCUT2D eigenvalue weighted by Gasteiger charge is -2.28. The van der Waals surface area contributed by atoms with Crippen LogP contribution in [0.2, 0.25) is 0 Å². The van der Waals surface area contributed by atoms with Gasteiger partial charge >= 0.3 is 0 Å². The third-order valence-corrected chi connectivity index (χ3v) is 6.06. The molecule has 0 amide bonds. The van der Waals surface area contributed by atoms with E-state index in [1.807, 2.05) is 19.1 Å². The maximum Gasteiger partial charge on any atom is 0.0460 e. The Labute approximate surface area is 223 Å². The van der Waals surface area contributed by atoms with Gasteiger partial charge in [0.25, 0.3) is 0 Å². The van der Waals surface area contributed by atoms with E-state index in [4.69, 9.17) is 0 Å². The van der Waals surface area contributed by atoms with E-state index in [2.05, 4.69) is 154 Å². The molecule has 0 radical (unpaired) electrons. The number of rotatable bonds is 10. The molecule has 0 aliphatic rings. The first-order valence-electron chi connectivity index (χ1n) is 12.7. The third kappa shape index (κ3) is 7.11. The molecule has 0 bridgehead atoms. The van der Waals surface area contributed by atoms with E-state index in [1.54, 1.807) is 0 Å².